The minimum absolute atomic E-state index is 0.991. The fourth-order valence-corrected chi connectivity index (χ4v) is 4.57. The summed E-state index contributed by atoms with van der Waals surface area (Å²) >= 11 is 0. The second-order valence-electron chi connectivity index (χ2n) is 6.71. The van der Waals surface area contributed by atoms with Crippen LogP contribution in [0.25, 0.3) is 0 Å². The molecule has 0 heterocycles. The Bertz CT molecular complexity index is 186. The van der Waals surface area contributed by atoms with Gasteiger partial charge in [0.2, 0.25) is 0 Å². The lowest BCUT2D eigenvalue weighted by Gasteiger charge is -2.41. The summed E-state index contributed by atoms with van der Waals surface area (Å²) in [6.45, 7) is 7.58. The third kappa shape index (κ3) is 2.63. The smallest absolute Gasteiger partial charge is 0.0360 e. The molecule has 2 aliphatic carbocycles. The van der Waals surface area contributed by atoms with E-state index in [1.165, 1.54) is 51.4 Å². The van der Waals surface area contributed by atoms with Crippen LogP contribution in [0.15, 0.2) is 0 Å². The highest BCUT2D eigenvalue weighted by atomic mass is 14.4. The van der Waals surface area contributed by atoms with E-state index >= 15 is 0 Å². The summed E-state index contributed by atoms with van der Waals surface area (Å²) in [4.78, 5) is 0. The summed E-state index contributed by atoms with van der Waals surface area (Å²) in [6, 6.07) is 0. The van der Waals surface area contributed by atoms with Gasteiger partial charge in [0, 0.05) is 0 Å². The highest BCUT2D eigenvalue weighted by Gasteiger charge is 2.34. The van der Waals surface area contributed by atoms with E-state index in [4.69, 9.17) is 0 Å². The second-order valence-corrected chi connectivity index (χ2v) is 6.71. The number of hydrogen-bond acceptors (Lipinski definition) is 0. The average Bonchev–Trinajstić information content (AvgIpc) is 2.29. The lowest BCUT2D eigenvalue weighted by atomic mass is 9.64. The van der Waals surface area contributed by atoms with E-state index in [0.717, 1.165) is 29.6 Å². The quantitative estimate of drug-likeness (QED) is 0.596. The molecule has 0 heteroatoms. The zero-order valence-corrected chi connectivity index (χ0v) is 11.5. The Morgan fingerprint density at radius 2 is 1.06 bits per heavy atom. The second kappa shape index (κ2) is 5.56. The predicted octanol–water partition coefficient (Wildman–Crippen LogP) is 5.28. The number of hydrogen-bond donors (Lipinski definition) is 0. The molecule has 0 nitrogen and oxygen atoms in total. The Kier molecular flexibility index (Phi) is 4.33. The molecule has 3 unspecified atom stereocenters. The molecule has 0 amide bonds. The summed E-state index contributed by atoms with van der Waals surface area (Å²) in [5, 5.41) is 0. The van der Waals surface area contributed by atoms with Crippen molar-refractivity contribution in [2.24, 2.45) is 29.6 Å². The van der Waals surface area contributed by atoms with Crippen molar-refractivity contribution in [3.8, 4) is 0 Å². The summed E-state index contributed by atoms with van der Waals surface area (Å²) in [7, 11) is 0. The maximum Gasteiger partial charge on any atom is -0.0360 e. The van der Waals surface area contributed by atoms with Crippen LogP contribution in [0.1, 0.15) is 72.1 Å². The SMILES string of the molecule is CC(C1CCCC[C@H]1C)C1CCCC[C@@H]1C. The third-order valence-corrected chi connectivity index (χ3v) is 5.71. The molecule has 0 saturated heterocycles. The van der Waals surface area contributed by atoms with E-state index in [-0.39, 0.29) is 0 Å². The first-order valence-corrected chi connectivity index (χ1v) is 7.70. The molecule has 5 atom stereocenters. The summed E-state index contributed by atoms with van der Waals surface area (Å²) in [5.41, 5.74) is 0. The Morgan fingerprint density at radius 3 is 1.44 bits per heavy atom. The molecule has 0 spiro atoms. The van der Waals surface area contributed by atoms with Gasteiger partial charge in [0.25, 0.3) is 0 Å². The van der Waals surface area contributed by atoms with Crippen molar-refractivity contribution in [3.05, 3.63) is 0 Å². The lowest BCUT2D eigenvalue weighted by Crippen LogP contribution is -2.33. The van der Waals surface area contributed by atoms with Gasteiger partial charge in [-0.2, -0.15) is 0 Å². The zero-order valence-electron chi connectivity index (χ0n) is 11.5. The minimum atomic E-state index is 0.991. The summed E-state index contributed by atoms with van der Waals surface area (Å²) < 4.78 is 0. The zero-order chi connectivity index (χ0) is 11.5. The molecular weight excluding hydrogens is 192 g/mol. The molecule has 0 aromatic heterocycles. The topological polar surface area (TPSA) is 0 Å². The molecule has 94 valence electrons. The first-order valence-electron chi connectivity index (χ1n) is 7.70. The van der Waals surface area contributed by atoms with E-state index in [1.807, 2.05) is 0 Å². The van der Waals surface area contributed by atoms with Crippen molar-refractivity contribution >= 4 is 0 Å². The van der Waals surface area contributed by atoms with Gasteiger partial charge in [-0.1, -0.05) is 59.3 Å². The average molecular weight is 222 g/mol. The maximum absolute atomic E-state index is 2.57. The molecule has 0 aromatic carbocycles. The lowest BCUT2D eigenvalue weighted by molar-refractivity contribution is 0.0843. The molecule has 2 rings (SSSR count). The normalized spacial score (nSPS) is 42.9. The van der Waals surface area contributed by atoms with Crippen LogP contribution in [0.4, 0.5) is 0 Å². The molecule has 0 radical (unpaired) electrons. The van der Waals surface area contributed by atoms with Crippen LogP contribution >= 0.6 is 0 Å². The summed E-state index contributed by atoms with van der Waals surface area (Å²) in [5.74, 6) is 5.07. The van der Waals surface area contributed by atoms with Crippen molar-refractivity contribution in [2.45, 2.75) is 72.1 Å². The monoisotopic (exact) mass is 222 g/mol. The van der Waals surface area contributed by atoms with Gasteiger partial charge < -0.3 is 0 Å². The molecular formula is C16H30. The largest absolute Gasteiger partial charge is 0.0622 e. The molecule has 0 N–H and O–H groups in total. The standard InChI is InChI=1S/C16H30/c1-12-8-4-6-10-15(12)14(3)16-11-7-5-9-13(16)2/h12-16H,4-11H2,1-3H3/t12-,13+,14?,15?,16?. The first kappa shape index (κ1) is 12.5. The van der Waals surface area contributed by atoms with Gasteiger partial charge in [-0.3, -0.25) is 0 Å². The Morgan fingerprint density at radius 1 is 0.688 bits per heavy atom. The van der Waals surface area contributed by atoms with Crippen LogP contribution in [0, 0.1) is 29.6 Å². The van der Waals surface area contributed by atoms with Gasteiger partial charge in [-0.15, -0.1) is 0 Å². The predicted molar refractivity (Wildman–Crippen MR) is 71.4 cm³/mol. The van der Waals surface area contributed by atoms with Crippen molar-refractivity contribution in [3.63, 3.8) is 0 Å². The highest BCUT2D eigenvalue weighted by molar-refractivity contribution is 4.84. The summed E-state index contributed by atoms with van der Waals surface area (Å²) in [6.07, 6.45) is 12.0. The van der Waals surface area contributed by atoms with Crippen LogP contribution in [0.5, 0.6) is 0 Å². The molecule has 16 heavy (non-hydrogen) atoms. The molecule has 0 bridgehead atoms. The Balaban J connectivity index is 1.96. The van der Waals surface area contributed by atoms with Crippen molar-refractivity contribution < 1.29 is 0 Å². The molecule has 2 fully saturated rings. The van der Waals surface area contributed by atoms with Gasteiger partial charge in [-0.05, 0) is 42.4 Å². The molecule has 2 saturated carbocycles. The maximum atomic E-state index is 2.57. The van der Waals surface area contributed by atoms with Gasteiger partial charge in [-0.25, -0.2) is 0 Å². The Hall–Kier alpha value is 0. The van der Waals surface area contributed by atoms with E-state index in [1.54, 1.807) is 0 Å². The van der Waals surface area contributed by atoms with Gasteiger partial charge in [0.15, 0.2) is 0 Å². The van der Waals surface area contributed by atoms with Gasteiger partial charge >= 0.3 is 0 Å². The van der Waals surface area contributed by atoms with E-state index in [0.29, 0.717) is 0 Å². The van der Waals surface area contributed by atoms with Crippen LogP contribution in [-0.2, 0) is 0 Å². The van der Waals surface area contributed by atoms with E-state index < -0.39 is 0 Å². The third-order valence-electron chi connectivity index (χ3n) is 5.71. The van der Waals surface area contributed by atoms with Gasteiger partial charge in [0.05, 0.1) is 0 Å². The van der Waals surface area contributed by atoms with E-state index in [2.05, 4.69) is 20.8 Å². The van der Waals surface area contributed by atoms with Crippen LogP contribution in [-0.4, -0.2) is 0 Å². The fourth-order valence-electron chi connectivity index (χ4n) is 4.57. The Labute approximate surface area is 102 Å². The van der Waals surface area contributed by atoms with Crippen molar-refractivity contribution in [1.29, 1.82) is 0 Å². The highest BCUT2D eigenvalue weighted by Crippen LogP contribution is 2.44. The molecule has 2 aliphatic rings. The number of rotatable bonds is 2. The van der Waals surface area contributed by atoms with Crippen LogP contribution in [0.2, 0.25) is 0 Å². The van der Waals surface area contributed by atoms with E-state index in [9.17, 15) is 0 Å². The van der Waals surface area contributed by atoms with Crippen LogP contribution < -0.4 is 0 Å². The first-order chi connectivity index (χ1) is 7.70. The molecule has 0 aliphatic heterocycles. The minimum Gasteiger partial charge on any atom is -0.0622 e. The van der Waals surface area contributed by atoms with Gasteiger partial charge in [0.1, 0.15) is 0 Å². The molecule has 0 aromatic rings. The fraction of sp³-hybridized carbons (Fsp3) is 1.00. The van der Waals surface area contributed by atoms with Crippen molar-refractivity contribution in [1.82, 2.24) is 0 Å². The van der Waals surface area contributed by atoms with Crippen molar-refractivity contribution in [2.75, 3.05) is 0 Å². The van der Waals surface area contributed by atoms with Crippen LogP contribution in [0.3, 0.4) is 0 Å².